The summed E-state index contributed by atoms with van der Waals surface area (Å²) in [4.78, 5) is 16.1. The first-order valence-electron chi connectivity index (χ1n) is 7.26. The highest BCUT2D eigenvalue weighted by molar-refractivity contribution is 8.01. The highest BCUT2D eigenvalue weighted by atomic mass is 35.5. The molecule has 0 spiro atoms. The predicted molar refractivity (Wildman–Crippen MR) is 106 cm³/mol. The molecule has 132 valence electrons. The van der Waals surface area contributed by atoms with Gasteiger partial charge in [0.2, 0.25) is 0 Å². The minimum atomic E-state index is -0.258. The van der Waals surface area contributed by atoms with Crippen molar-refractivity contribution < 1.29 is 4.79 Å². The molecule has 2 aromatic heterocycles. The Morgan fingerprint density at radius 2 is 2.15 bits per heavy atom. The first-order chi connectivity index (χ1) is 12.6. The molecule has 2 heterocycles. The van der Waals surface area contributed by atoms with E-state index < -0.39 is 0 Å². The van der Waals surface area contributed by atoms with Crippen LogP contribution in [0.4, 0.5) is 0 Å². The van der Waals surface area contributed by atoms with E-state index in [4.69, 9.17) is 23.2 Å². The molecule has 0 saturated heterocycles. The second kappa shape index (κ2) is 9.09. The van der Waals surface area contributed by atoms with Crippen LogP contribution in [0.3, 0.4) is 0 Å². The van der Waals surface area contributed by atoms with Crippen molar-refractivity contribution in [1.82, 2.24) is 20.6 Å². The lowest BCUT2D eigenvalue weighted by Gasteiger charge is -1.99. The van der Waals surface area contributed by atoms with Crippen LogP contribution in [0, 0.1) is 0 Å². The highest BCUT2D eigenvalue weighted by Crippen LogP contribution is 2.27. The van der Waals surface area contributed by atoms with E-state index in [2.05, 4.69) is 25.7 Å². The standard InChI is InChI=1S/C16H11Cl2N5OS2/c17-11-5-4-10(12(18)7-11)8-20-21-14(24)9-25-16-23-22-15(26-16)13-3-1-2-6-19-13/h1-8H,9H2,(H,21,24)/b20-8+. The number of aromatic nitrogens is 3. The lowest BCUT2D eigenvalue weighted by molar-refractivity contribution is -0.118. The number of nitrogens with zero attached hydrogens (tertiary/aromatic N) is 4. The van der Waals surface area contributed by atoms with Crippen LogP contribution in [-0.2, 0) is 4.79 Å². The van der Waals surface area contributed by atoms with E-state index in [0.717, 1.165) is 5.69 Å². The van der Waals surface area contributed by atoms with Crippen LogP contribution in [0.2, 0.25) is 10.0 Å². The summed E-state index contributed by atoms with van der Waals surface area (Å²) >= 11 is 14.5. The largest absolute Gasteiger partial charge is 0.272 e. The monoisotopic (exact) mass is 423 g/mol. The molecule has 0 aliphatic heterocycles. The molecule has 0 atom stereocenters. The Bertz CT molecular complexity index is 933. The number of thioether (sulfide) groups is 1. The van der Waals surface area contributed by atoms with Crippen molar-refractivity contribution in [2.24, 2.45) is 5.10 Å². The predicted octanol–water partition coefficient (Wildman–Crippen LogP) is 4.15. The molecule has 1 amide bonds. The topological polar surface area (TPSA) is 80.1 Å². The van der Waals surface area contributed by atoms with Gasteiger partial charge in [0, 0.05) is 16.8 Å². The SMILES string of the molecule is O=C(CSc1nnc(-c2ccccn2)s1)N/N=C/c1ccc(Cl)cc1Cl. The average Bonchev–Trinajstić information content (AvgIpc) is 3.12. The second-order valence-electron chi connectivity index (χ2n) is 4.84. The minimum Gasteiger partial charge on any atom is -0.272 e. The number of rotatable bonds is 6. The third-order valence-electron chi connectivity index (χ3n) is 2.97. The molecular formula is C16H11Cl2N5OS2. The van der Waals surface area contributed by atoms with Gasteiger partial charge in [0.25, 0.3) is 5.91 Å². The Labute approximate surface area is 167 Å². The number of pyridine rings is 1. The maximum atomic E-state index is 11.9. The third kappa shape index (κ3) is 5.25. The van der Waals surface area contributed by atoms with E-state index in [0.29, 0.717) is 25.0 Å². The van der Waals surface area contributed by atoms with Gasteiger partial charge >= 0.3 is 0 Å². The zero-order valence-electron chi connectivity index (χ0n) is 13.1. The number of benzene rings is 1. The first kappa shape index (κ1) is 18.8. The van der Waals surface area contributed by atoms with Gasteiger partial charge in [-0.1, -0.05) is 58.4 Å². The summed E-state index contributed by atoms with van der Waals surface area (Å²) in [5.41, 5.74) is 3.86. The quantitative estimate of drug-likeness (QED) is 0.365. The fraction of sp³-hybridized carbons (Fsp3) is 0.0625. The van der Waals surface area contributed by atoms with Crippen LogP contribution in [0.25, 0.3) is 10.7 Å². The summed E-state index contributed by atoms with van der Waals surface area (Å²) in [6.07, 6.45) is 3.16. The van der Waals surface area contributed by atoms with Gasteiger partial charge in [-0.3, -0.25) is 9.78 Å². The number of nitrogens with one attached hydrogen (secondary N) is 1. The summed E-state index contributed by atoms with van der Waals surface area (Å²) in [5, 5.41) is 13.7. The van der Waals surface area contributed by atoms with Gasteiger partial charge in [0.05, 0.1) is 17.0 Å². The van der Waals surface area contributed by atoms with E-state index in [1.165, 1.54) is 29.3 Å². The van der Waals surface area contributed by atoms with Gasteiger partial charge in [-0.05, 0) is 24.3 Å². The Hall–Kier alpha value is -2.00. The van der Waals surface area contributed by atoms with Crippen molar-refractivity contribution in [2.75, 3.05) is 5.75 Å². The normalized spacial score (nSPS) is 11.0. The third-order valence-corrected chi connectivity index (χ3v) is 5.61. The summed E-state index contributed by atoms with van der Waals surface area (Å²) in [6, 6.07) is 10.6. The summed E-state index contributed by atoms with van der Waals surface area (Å²) in [7, 11) is 0. The molecule has 0 aliphatic carbocycles. The summed E-state index contributed by atoms with van der Waals surface area (Å²) < 4.78 is 0.686. The van der Waals surface area contributed by atoms with Crippen molar-refractivity contribution >= 4 is 58.4 Å². The number of halogens is 2. The van der Waals surface area contributed by atoms with Crippen LogP contribution >= 0.6 is 46.3 Å². The van der Waals surface area contributed by atoms with Crippen molar-refractivity contribution in [1.29, 1.82) is 0 Å². The molecule has 0 aliphatic rings. The number of hydrogen-bond acceptors (Lipinski definition) is 7. The Kier molecular flexibility index (Phi) is 6.56. The van der Waals surface area contributed by atoms with E-state index in [1.54, 1.807) is 24.4 Å². The lowest BCUT2D eigenvalue weighted by atomic mass is 10.2. The molecule has 1 aromatic carbocycles. The molecule has 1 N–H and O–H groups in total. The van der Waals surface area contributed by atoms with E-state index in [-0.39, 0.29) is 11.7 Å². The van der Waals surface area contributed by atoms with Gasteiger partial charge in [-0.15, -0.1) is 10.2 Å². The number of carbonyl (C=O) groups is 1. The molecule has 3 aromatic rings. The minimum absolute atomic E-state index is 0.169. The fourth-order valence-electron chi connectivity index (χ4n) is 1.80. The van der Waals surface area contributed by atoms with E-state index >= 15 is 0 Å². The van der Waals surface area contributed by atoms with Gasteiger partial charge in [0.1, 0.15) is 5.69 Å². The second-order valence-corrected chi connectivity index (χ2v) is 7.88. The van der Waals surface area contributed by atoms with E-state index in [9.17, 15) is 4.79 Å². The molecule has 0 saturated carbocycles. The van der Waals surface area contributed by atoms with Gasteiger partial charge < -0.3 is 0 Å². The molecule has 6 nitrogen and oxygen atoms in total. The van der Waals surface area contributed by atoms with Crippen LogP contribution < -0.4 is 5.43 Å². The molecule has 10 heteroatoms. The maximum absolute atomic E-state index is 11.9. The smallest absolute Gasteiger partial charge is 0.250 e. The van der Waals surface area contributed by atoms with Crippen molar-refractivity contribution in [2.45, 2.75) is 4.34 Å². The van der Waals surface area contributed by atoms with Gasteiger partial charge in [-0.25, -0.2) is 5.43 Å². The zero-order chi connectivity index (χ0) is 18.4. The summed E-state index contributed by atoms with van der Waals surface area (Å²) in [5.74, 6) is -0.0892. The molecular weight excluding hydrogens is 413 g/mol. The maximum Gasteiger partial charge on any atom is 0.250 e. The average molecular weight is 424 g/mol. The van der Waals surface area contributed by atoms with Crippen LogP contribution in [-0.4, -0.2) is 33.1 Å². The molecule has 0 unspecified atom stereocenters. The highest BCUT2D eigenvalue weighted by Gasteiger charge is 2.10. The molecule has 3 rings (SSSR count). The lowest BCUT2D eigenvalue weighted by Crippen LogP contribution is -2.19. The van der Waals surface area contributed by atoms with Gasteiger partial charge in [-0.2, -0.15) is 5.10 Å². The Balaban J connectivity index is 1.50. The first-order valence-corrected chi connectivity index (χ1v) is 9.82. The van der Waals surface area contributed by atoms with Crippen LogP contribution in [0.5, 0.6) is 0 Å². The summed E-state index contributed by atoms with van der Waals surface area (Å²) in [6.45, 7) is 0. The number of hydrazone groups is 1. The van der Waals surface area contributed by atoms with Crippen molar-refractivity contribution in [3.63, 3.8) is 0 Å². The molecule has 0 radical (unpaired) electrons. The Morgan fingerprint density at radius 1 is 1.27 bits per heavy atom. The van der Waals surface area contributed by atoms with E-state index in [1.807, 2.05) is 18.2 Å². The molecule has 26 heavy (non-hydrogen) atoms. The molecule has 0 fully saturated rings. The number of hydrogen-bond donors (Lipinski definition) is 1. The van der Waals surface area contributed by atoms with Gasteiger partial charge in [0.15, 0.2) is 9.35 Å². The zero-order valence-corrected chi connectivity index (χ0v) is 16.2. The number of carbonyl (C=O) groups excluding carboxylic acids is 1. The fourth-order valence-corrected chi connectivity index (χ4v) is 3.88. The van der Waals surface area contributed by atoms with Crippen LogP contribution in [0.15, 0.2) is 52.0 Å². The Morgan fingerprint density at radius 3 is 2.92 bits per heavy atom. The molecule has 0 bridgehead atoms. The van der Waals surface area contributed by atoms with Crippen LogP contribution in [0.1, 0.15) is 5.56 Å². The van der Waals surface area contributed by atoms with Crippen molar-refractivity contribution in [3.05, 3.63) is 58.2 Å². The number of amides is 1. The van der Waals surface area contributed by atoms with Crippen molar-refractivity contribution in [3.8, 4) is 10.7 Å².